The highest BCUT2D eigenvalue weighted by atomic mass is 16.5. The fourth-order valence-electron chi connectivity index (χ4n) is 1.19. The van der Waals surface area contributed by atoms with Gasteiger partial charge in [-0.1, -0.05) is 43.4 Å². The maximum Gasteiger partial charge on any atom is 0.309 e. The summed E-state index contributed by atoms with van der Waals surface area (Å²) < 4.78 is 4.74. The highest BCUT2D eigenvalue weighted by Gasteiger charge is 2.05. The van der Waals surface area contributed by atoms with Crippen molar-refractivity contribution in [3.8, 4) is 0 Å². The molecule has 0 aromatic heterocycles. The SMILES string of the molecule is CC/C=C\C/C=C\C/C=C\CC(=O)OCC(O)CO. The molecule has 0 aliphatic heterocycles. The summed E-state index contributed by atoms with van der Waals surface area (Å²) in [6, 6.07) is 0. The van der Waals surface area contributed by atoms with Crippen molar-refractivity contribution >= 4 is 5.97 Å². The van der Waals surface area contributed by atoms with Gasteiger partial charge in [0.1, 0.15) is 12.7 Å². The number of rotatable bonds is 10. The van der Waals surface area contributed by atoms with Crippen LogP contribution in [0.15, 0.2) is 36.5 Å². The third-order valence-corrected chi connectivity index (χ3v) is 2.21. The number of esters is 1. The molecule has 2 N–H and O–H groups in total. The minimum Gasteiger partial charge on any atom is -0.463 e. The zero-order chi connectivity index (χ0) is 14.3. The molecule has 0 saturated heterocycles. The molecule has 1 atom stereocenters. The van der Waals surface area contributed by atoms with Crippen molar-refractivity contribution < 1.29 is 19.7 Å². The van der Waals surface area contributed by atoms with Gasteiger partial charge in [0.25, 0.3) is 0 Å². The van der Waals surface area contributed by atoms with Gasteiger partial charge in [-0.15, -0.1) is 0 Å². The summed E-state index contributed by atoms with van der Waals surface area (Å²) in [6.07, 6.45) is 13.9. The number of aliphatic hydroxyl groups excluding tert-OH is 2. The van der Waals surface area contributed by atoms with Crippen LogP contribution in [0.2, 0.25) is 0 Å². The Kier molecular flexibility index (Phi) is 12.1. The summed E-state index contributed by atoms with van der Waals surface area (Å²) in [4.78, 5) is 11.2. The second-order valence-electron chi connectivity index (χ2n) is 4.02. The fraction of sp³-hybridized carbons (Fsp3) is 0.533. The second kappa shape index (κ2) is 13.1. The molecule has 0 aliphatic carbocycles. The highest BCUT2D eigenvalue weighted by molar-refractivity contribution is 5.71. The normalized spacial score (nSPS) is 13.6. The number of ether oxygens (including phenoxy) is 1. The molecule has 108 valence electrons. The molecule has 0 saturated carbocycles. The van der Waals surface area contributed by atoms with Crippen molar-refractivity contribution in [3.05, 3.63) is 36.5 Å². The molecule has 1 unspecified atom stereocenters. The lowest BCUT2D eigenvalue weighted by Gasteiger charge is -2.06. The van der Waals surface area contributed by atoms with Crippen LogP contribution in [0.1, 0.15) is 32.6 Å². The number of hydrogen-bond donors (Lipinski definition) is 2. The van der Waals surface area contributed by atoms with Crippen molar-refractivity contribution in [2.75, 3.05) is 13.2 Å². The van der Waals surface area contributed by atoms with Crippen LogP contribution in [0.25, 0.3) is 0 Å². The third-order valence-electron chi connectivity index (χ3n) is 2.21. The van der Waals surface area contributed by atoms with Crippen molar-refractivity contribution in [3.63, 3.8) is 0 Å². The van der Waals surface area contributed by atoms with E-state index in [2.05, 4.69) is 25.2 Å². The Labute approximate surface area is 115 Å². The maximum atomic E-state index is 11.2. The fourth-order valence-corrected chi connectivity index (χ4v) is 1.19. The van der Waals surface area contributed by atoms with Gasteiger partial charge >= 0.3 is 5.97 Å². The quantitative estimate of drug-likeness (QED) is 0.470. The molecule has 0 spiro atoms. The minimum atomic E-state index is -0.993. The smallest absolute Gasteiger partial charge is 0.309 e. The van der Waals surface area contributed by atoms with Crippen LogP contribution >= 0.6 is 0 Å². The standard InChI is InChI=1S/C15H24O4/c1-2-3-4-5-6-7-8-9-10-11-15(18)19-13-14(17)12-16/h3-4,6-7,9-10,14,16-17H,2,5,8,11-13H2,1H3/b4-3-,7-6-,10-9-. The Balaban J connectivity index is 3.56. The topological polar surface area (TPSA) is 66.8 Å². The van der Waals surface area contributed by atoms with Gasteiger partial charge in [0.05, 0.1) is 13.0 Å². The van der Waals surface area contributed by atoms with E-state index < -0.39 is 18.7 Å². The molecule has 0 heterocycles. The van der Waals surface area contributed by atoms with E-state index in [1.807, 2.05) is 12.2 Å². The first-order valence-electron chi connectivity index (χ1n) is 6.60. The minimum absolute atomic E-state index is 0.160. The van der Waals surface area contributed by atoms with Crippen LogP contribution in [-0.4, -0.2) is 35.5 Å². The van der Waals surface area contributed by atoms with Crippen LogP contribution in [0, 0.1) is 0 Å². The van der Waals surface area contributed by atoms with E-state index in [1.165, 1.54) is 0 Å². The summed E-state index contributed by atoms with van der Waals surface area (Å²) >= 11 is 0. The summed E-state index contributed by atoms with van der Waals surface area (Å²) in [5.41, 5.74) is 0. The van der Waals surface area contributed by atoms with E-state index in [4.69, 9.17) is 14.9 Å². The van der Waals surface area contributed by atoms with Gasteiger partial charge in [-0.25, -0.2) is 0 Å². The van der Waals surface area contributed by atoms with Gasteiger partial charge in [-0.2, -0.15) is 0 Å². The lowest BCUT2D eigenvalue weighted by molar-refractivity contribution is -0.146. The third kappa shape index (κ3) is 12.9. The first-order valence-corrected chi connectivity index (χ1v) is 6.60. The summed E-state index contributed by atoms with van der Waals surface area (Å²) in [5.74, 6) is -0.404. The van der Waals surface area contributed by atoms with Crippen molar-refractivity contribution in [2.24, 2.45) is 0 Å². The van der Waals surface area contributed by atoms with E-state index in [0.717, 1.165) is 19.3 Å². The molecule has 0 radical (unpaired) electrons. The predicted octanol–water partition coefficient (Wildman–Crippen LogP) is 2.13. The zero-order valence-electron chi connectivity index (χ0n) is 11.5. The van der Waals surface area contributed by atoms with Crippen LogP contribution < -0.4 is 0 Å². The Morgan fingerprint density at radius 2 is 1.68 bits per heavy atom. The van der Waals surface area contributed by atoms with E-state index in [0.29, 0.717) is 0 Å². The average molecular weight is 268 g/mol. The first-order chi connectivity index (χ1) is 9.20. The Hall–Kier alpha value is -1.39. The summed E-state index contributed by atoms with van der Waals surface area (Å²) in [7, 11) is 0. The molecular weight excluding hydrogens is 244 g/mol. The van der Waals surface area contributed by atoms with Gasteiger partial charge in [0.15, 0.2) is 0 Å². The lowest BCUT2D eigenvalue weighted by Crippen LogP contribution is -2.21. The highest BCUT2D eigenvalue weighted by Crippen LogP contribution is 1.95. The molecule has 0 bridgehead atoms. The van der Waals surface area contributed by atoms with Crippen molar-refractivity contribution in [2.45, 2.75) is 38.7 Å². The Bertz CT molecular complexity index is 305. The van der Waals surface area contributed by atoms with Gasteiger partial charge in [0.2, 0.25) is 0 Å². The van der Waals surface area contributed by atoms with Crippen LogP contribution in [0.4, 0.5) is 0 Å². The molecule has 19 heavy (non-hydrogen) atoms. The van der Waals surface area contributed by atoms with E-state index in [-0.39, 0.29) is 13.0 Å². The molecular formula is C15H24O4. The molecule has 0 aromatic rings. The Morgan fingerprint density at radius 3 is 2.26 bits per heavy atom. The predicted molar refractivity (Wildman–Crippen MR) is 75.6 cm³/mol. The summed E-state index contributed by atoms with van der Waals surface area (Å²) in [6.45, 7) is 1.54. The zero-order valence-corrected chi connectivity index (χ0v) is 11.5. The molecule has 0 fully saturated rings. The van der Waals surface area contributed by atoms with Crippen LogP contribution in [0.3, 0.4) is 0 Å². The molecule has 0 rings (SSSR count). The first kappa shape index (κ1) is 17.6. The van der Waals surface area contributed by atoms with Gasteiger partial charge in [0, 0.05) is 0 Å². The Morgan fingerprint density at radius 1 is 1.11 bits per heavy atom. The number of carbonyl (C=O) groups is 1. The van der Waals surface area contributed by atoms with Crippen molar-refractivity contribution in [1.29, 1.82) is 0 Å². The molecule has 4 nitrogen and oxygen atoms in total. The molecule has 0 aromatic carbocycles. The lowest BCUT2D eigenvalue weighted by atomic mass is 10.2. The monoisotopic (exact) mass is 268 g/mol. The van der Waals surface area contributed by atoms with Gasteiger partial charge in [-0.3, -0.25) is 4.79 Å². The molecule has 4 heteroatoms. The van der Waals surface area contributed by atoms with Crippen LogP contribution in [-0.2, 0) is 9.53 Å². The van der Waals surface area contributed by atoms with Gasteiger partial charge in [-0.05, 0) is 19.3 Å². The van der Waals surface area contributed by atoms with E-state index in [9.17, 15) is 4.79 Å². The number of allylic oxidation sites excluding steroid dienone is 5. The van der Waals surface area contributed by atoms with Crippen LogP contribution in [0.5, 0.6) is 0 Å². The van der Waals surface area contributed by atoms with Crippen molar-refractivity contribution in [1.82, 2.24) is 0 Å². The van der Waals surface area contributed by atoms with Gasteiger partial charge < -0.3 is 14.9 Å². The summed E-state index contributed by atoms with van der Waals surface area (Å²) in [5, 5.41) is 17.5. The number of carbonyl (C=O) groups excluding carboxylic acids is 1. The van der Waals surface area contributed by atoms with E-state index >= 15 is 0 Å². The average Bonchev–Trinajstić information content (AvgIpc) is 2.42. The largest absolute Gasteiger partial charge is 0.463 e. The van der Waals surface area contributed by atoms with E-state index in [1.54, 1.807) is 6.08 Å². The molecule has 0 amide bonds. The maximum absolute atomic E-state index is 11.2. The second-order valence-corrected chi connectivity index (χ2v) is 4.02. The molecule has 0 aliphatic rings. The number of hydrogen-bond acceptors (Lipinski definition) is 4. The number of aliphatic hydroxyl groups is 2.